The average Bonchev–Trinajstić information content (AvgIpc) is 2.13. The van der Waals surface area contributed by atoms with E-state index >= 15 is 0 Å². The van der Waals surface area contributed by atoms with E-state index in [0.717, 1.165) is 17.8 Å². The van der Waals surface area contributed by atoms with E-state index in [1.165, 1.54) is 23.8 Å². The highest BCUT2D eigenvalue weighted by Crippen LogP contribution is 2.30. The molecule has 1 aliphatic heterocycles. The monoisotopic (exact) mass is 631 g/mol. The quantitative estimate of drug-likeness (QED) is 0.345. The van der Waals surface area contributed by atoms with Crippen molar-refractivity contribution in [3.05, 3.63) is 0 Å². The van der Waals surface area contributed by atoms with Crippen LogP contribution in [0.1, 0.15) is 12.8 Å². The van der Waals surface area contributed by atoms with Gasteiger partial charge >= 0.3 is 0 Å². The fraction of sp³-hybridized carbons (Fsp3) is 1.00. The second kappa shape index (κ2) is 7.25. The van der Waals surface area contributed by atoms with Crippen molar-refractivity contribution in [2.75, 3.05) is 11.0 Å². The van der Waals surface area contributed by atoms with E-state index in [-0.39, 0.29) is 0 Å². The minimum atomic E-state index is 0.740. The number of nitrogens with one attached hydrogen (secondary N) is 1. The molecule has 0 radical (unpaired) electrons. The van der Waals surface area contributed by atoms with Crippen molar-refractivity contribution in [3.8, 4) is 0 Å². The zero-order valence-corrected chi connectivity index (χ0v) is 15.8. The SMILES string of the molecule is ICC1C[C@H](I)[C@H](I)[C@H](I)CCN1. The van der Waals surface area contributed by atoms with Gasteiger partial charge in [0.25, 0.3) is 0 Å². The van der Waals surface area contributed by atoms with E-state index in [2.05, 4.69) is 95.7 Å². The number of rotatable bonds is 1. The Labute approximate surface area is 135 Å². The highest BCUT2D eigenvalue weighted by atomic mass is 127. The van der Waals surface area contributed by atoms with Crippen molar-refractivity contribution in [1.82, 2.24) is 5.32 Å². The normalized spacial score (nSPS) is 42.5. The predicted molar refractivity (Wildman–Crippen MR) is 93.3 cm³/mol. The molecular formula is C8H13I4N. The van der Waals surface area contributed by atoms with Gasteiger partial charge in [-0.1, -0.05) is 90.4 Å². The van der Waals surface area contributed by atoms with Gasteiger partial charge in [-0.3, -0.25) is 0 Å². The lowest BCUT2D eigenvalue weighted by Crippen LogP contribution is -2.41. The maximum Gasteiger partial charge on any atom is 0.0346 e. The van der Waals surface area contributed by atoms with Crippen molar-refractivity contribution in [1.29, 1.82) is 0 Å². The summed E-state index contributed by atoms with van der Waals surface area (Å²) < 4.78 is 3.74. The molecule has 0 saturated carbocycles. The lowest BCUT2D eigenvalue weighted by molar-refractivity contribution is 0.481. The van der Waals surface area contributed by atoms with Gasteiger partial charge in [-0.05, 0) is 19.4 Å². The van der Waals surface area contributed by atoms with E-state index in [9.17, 15) is 0 Å². The molecular weight excluding hydrogens is 618 g/mol. The van der Waals surface area contributed by atoms with Gasteiger partial charge in [0, 0.05) is 22.2 Å². The van der Waals surface area contributed by atoms with Crippen molar-refractivity contribution >= 4 is 90.4 Å². The van der Waals surface area contributed by atoms with E-state index in [0.29, 0.717) is 0 Å². The zero-order valence-electron chi connectivity index (χ0n) is 7.15. The van der Waals surface area contributed by atoms with E-state index in [1.54, 1.807) is 0 Å². The van der Waals surface area contributed by atoms with Gasteiger partial charge < -0.3 is 5.32 Å². The van der Waals surface area contributed by atoms with Crippen molar-refractivity contribution in [3.63, 3.8) is 0 Å². The Bertz CT molecular complexity index is 155. The predicted octanol–water partition coefficient (Wildman–Crippen LogP) is 3.58. The van der Waals surface area contributed by atoms with Crippen molar-refractivity contribution < 1.29 is 0 Å². The summed E-state index contributed by atoms with van der Waals surface area (Å²) in [6.07, 6.45) is 2.65. The Kier molecular flexibility index (Phi) is 7.78. The van der Waals surface area contributed by atoms with Crippen LogP contribution in [0.2, 0.25) is 0 Å². The highest BCUT2D eigenvalue weighted by Gasteiger charge is 2.27. The van der Waals surface area contributed by atoms with E-state index in [1.807, 2.05) is 0 Å². The molecule has 78 valence electrons. The third kappa shape index (κ3) is 4.72. The van der Waals surface area contributed by atoms with Crippen LogP contribution < -0.4 is 5.32 Å². The largest absolute Gasteiger partial charge is 0.313 e. The van der Waals surface area contributed by atoms with Crippen molar-refractivity contribution in [2.45, 2.75) is 30.7 Å². The second-order valence-electron chi connectivity index (χ2n) is 3.31. The molecule has 1 nitrogen and oxygen atoms in total. The van der Waals surface area contributed by atoms with E-state index < -0.39 is 0 Å². The molecule has 0 aromatic rings. The minimum absolute atomic E-state index is 0.740. The van der Waals surface area contributed by atoms with Crippen LogP contribution in [0.15, 0.2) is 0 Å². The molecule has 1 rings (SSSR count). The Morgan fingerprint density at radius 2 is 1.85 bits per heavy atom. The van der Waals surface area contributed by atoms with Crippen LogP contribution in [-0.2, 0) is 0 Å². The highest BCUT2D eigenvalue weighted by molar-refractivity contribution is 14.1. The summed E-state index contributed by atoms with van der Waals surface area (Å²) >= 11 is 10.3. The molecule has 1 saturated heterocycles. The number of hydrogen-bond acceptors (Lipinski definition) is 1. The number of alkyl halides is 4. The Morgan fingerprint density at radius 1 is 1.15 bits per heavy atom. The summed E-state index contributed by atoms with van der Waals surface area (Å²) in [5.41, 5.74) is 0. The molecule has 1 unspecified atom stereocenters. The standard InChI is InChI=1S/C8H13I4N/c9-4-5-3-7(11)8(12)6(10)1-2-13-5/h5-8,13H,1-4H2/t5?,6-,7+,8-/m1/s1. The van der Waals surface area contributed by atoms with Crippen molar-refractivity contribution in [2.24, 2.45) is 0 Å². The fourth-order valence-corrected chi connectivity index (χ4v) is 5.46. The number of halogens is 4. The Balaban J connectivity index is 2.51. The smallest absolute Gasteiger partial charge is 0.0346 e. The molecule has 0 amide bonds. The first kappa shape index (κ1) is 13.9. The van der Waals surface area contributed by atoms with Gasteiger partial charge in [-0.15, -0.1) is 0 Å². The maximum atomic E-state index is 3.63. The first-order valence-electron chi connectivity index (χ1n) is 4.36. The second-order valence-corrected chi connectivity index (χ2v) is 8.83. The summed E-state index contributed by atoms with van der Waals surface area (Å²) in [6, 6.07) is 0.740. The minimum Gasteiger partial charge on any atom is -0.313 e. The maximum absolute atomic E-state index is 3.63. The summed E-state index contributed by atoms with van der Waals surface area (Å²) in [5, 5.41) is 3.63. The summed E-state index contributed by atoms with van der Waals surface area (Å²) in [4.78, 5) is 0. The van der Waals surface area contributed by atoms with Gasteiger partial charge in [0.1, 0.15) is 0 Å². The van der Waals surface area contributed by atoms with Gasteiger partial charge in [-0.25, -0.2) is 0 Å². The summed E-state index contributed by atoms with van der Waals surface area (Å²) in [5.74, 6) is 0. The molecule has 0 aromatic carbocycles. The third-order valence-corrected chi connectivity index (χ3v) is 10.5. The van der Waals surface area contributed by atoms with Crippen LogP contribution in [0, 0.1) is 0 Å². The first-order valence-corrected chi connectivity index (χ1v) is 9.63. The average molecular weight is 631 g/mol. The molecule has 1 heterocycles. The zero-order chi connectivity index (χ0) is 9.84. The van der Waals surface area contributed by atoms with Gasteiger partial charge in [0.05, 0.1) is 0 Å². The van der Waals surface area contributed by atoms with Gasteiger partial charge in [0.15, 0.2) is 0 Å². The summed E-state index contributed by atoms with van der Waals surface area (Å²) in [6.45, 7) is 1.20. The molecule has 0 aliphatic carbocycles. The summed E-state index contributed by atoms with van der Waals surface area (Å²) in [7, 11) is 0. The van der Waals surface area contributed by atoms with Gasteiger partial charge in [0.2, 0.25) is 0 Å². The van der Waals surface area contributed by atoms with Gasteiger partial charge in [-0.2, -0.15) is 0 Å². The first-order chi connectivity index (χ1) is 6.15. The lowest BCUT2D eigenvalue weighted by Gasteiger charge is -2.29. The molecule has 1 fully saturated rings. The molecule has 4 atom stereocenters. The molecule has 1 aliphatic rings. The molecule has 0 bridgehead atoms. The Morgan fingerprint density at radius 3 is 2.46 bits per heavy atom. The molecule has 1 N–H and O–H groups in total. The number of hydrogen-bond donors (Lipinski definition) is 1. The van der Waals surface area contributed by atoms with Crippen LogP contribution in [-0.4, -0.2) is 28.8 Å². The molecule has 0 aromatic heterocycles. The van der Waals surface area contributed by atoms with Crippen LogP contribution >= 0.6 is 90.4 Å². The van der Waals surface area contributed by atoms with Crippen LogP contribution in [0.4, 0.5) is 0 Å². The van der Waals surface area contributed by atoms with E-state index in [4.69, 9.17) is 0 Å². The molecule has 5 heteroatoms. The van der Waals surface area contributed by atoms with Crippen LogP contribution in [0.25, 0.3) is 0 Å². The van der Waals surface area contributed by atoms with Crippen LogP contribution in [0.3, 0.4) is 0 Å². The fourth-order valence-electron chi connectivity index (χ4n) is 1.41. The van der Waals surface area contributed by atoms with Crippen LogP contribution in [0.5, 0.6) is 0 Å². The topological polar surface area (TPSA) is 12.0 Å². The lowest BCUT2D eigenvalue weighted by atomic mass is 10.1. The molecule has 0 spiro atoms. The Hall–Kier alpha value is 2.88. The molecule has 13 heavy (non-hydrogen) atoms. The third-order valence-electron chi connectivity index (χ3n) is 2.24.